The number of ether oxygens (including phenoxy) is 2. The van der Waals surface area contributed by atoms with Gasteiger partial charge in [0.25, 0.3) is 0 Å². The number of nitro groups is 1. The number of esters is 1. The highest BCUT2D eigenvalue weighted by molar-refractivity contribution is 7.89. The van der Waals surface area contributed by atoms with Crippen molar-refractivity contribution in [2.24, 2.45) is 0 Å². The summed E-state index contributed by atoms with van der Waals surface area (Å²) in [5.41, 5.74) is 0.447. The Hall–Kier alpha value is -2.82. The van der Waals surface area contributed by atoms with E-state index in [0.717, 1.165) is 0 Å². The van der Waals surface area contributed by atoms with Crippen molar-refractivity contribution in [3.05, 3.63) is 63.7 Å². The fourth-order valence-electron chi connectivity index (χ4n) is 2.71. The second-order valence-corrected chi connectivity index (χ2v) is 8.10. The summed E-state index contributed by atoms with van der Waals surface area (Å²) in [6.45, 7) is 2.91. The molecule has 1 fully saturated rings. The molecule has 0 bridgehead atoms. The first-order valence-electron chi connectivity index (χ1n) is 8.44. The Morgan fingerprint density at radius 1 is 1.14 bits per heavy atom. The van der Waals surface area contributed by atoms with Crippen LogP contribution in [0.4, 0.5) is 5.69 Å². The van der Waals surface area contributed by atoms with Crippen LogP contribution in [0.2, 0.25) is 0 Å². The SMILES string of the molecule is Cc1ccc([N+](=O)[O-])c(OC(=O)c2ccc(S(=O)(=O)N3CCOCC3)cc2)c1. The Morgan fingerprint density at radius 2 is 1.79 bits per heavy atom. The van der Waals surface area contributed by atoms with Crippen LogP contribution in [0.1, 0.15) is 15.9 Å². The molecular formula is C18H18N2O7S. The van der Waals surface area contributed by atoms with Crippen molar-refractivity contribution in [3.8, 4) is 5.75 Å². The Morgan fingerprint density at radius 3 is 2.39 bits per heavy atom. The fraction of sp³-hybridized carbons (Fsp3) is 0.278. The van der Waals surface area contributed by atoms with E-state index in [2.05, 4.69) is 0 Å². The number of carbonyl (C=O) groups is 1. The van der Waals surface area contributed by atoms with Gasteiger partial charge in [-0.1, -0.05) is 6.07 Å². The Bertz CT molecular complexity index is 997. The van der Waals surface area contributed by atoms with Crippen molar-refractivity contribution < 1.29 is 27.6 Å². The maximum absolute atomic E-state index is 12.6. The van der Waals surface area contributed by atoms with Gasteiger partial charge >= 0.3 is 11.7 Å². The Labute approximate surface area is 161 Å². The number of morpholine rings is 1. The molecule has 1 saturated heterocycles. The first-order valence-corrected chi connectivity index (χ1v) is 9.88. The molecule has 2 aromatic rings. The van der Waals surface area contributed by atoms with Crippen molar-refractivity contribution >= 4 is 21.7 Å². The number of nitrogens with zero attached hydrogens (tertiary/aromatic N) is 2. The van der Waals surface area contributed by atoms with Crippen LogP contribution >= 0.6 is 0 Å². The smallest absolute Gasteiger partial charge is 0.343 e. The molecule has 0 radical (unpaired) electrons. The summed E-state index contributed by atoms with van der Waals surface area (Å²) >= 11 is 0. The highest BCUT2D eigenvalue weighted by Crippen LogP contribution is 2.28. The summed E-state index contributed by atoms with van der Waals surface area (Å²) in [6, 6.07) is 9.46. The number of sulfonamides is 1. The summed E-state index contributed by atoms with van der Waals surface area (Å²) in [4.78, 5) is 22.8. The molecule has 2 aromatic carbocycles. The Balaban J connectivity index is 1.79. The third kappa shape index (κ3) is 4.19. The second kappa shape index (κ2) is 8.05. The third-order valence-corrected chi connectivity index (χ3v) is 6.13. The van der Waals surface area contributed by atoms with E-state index in [4.69, 9.17) is 9.47 Å². The molecule has 0 spiro atoms. The van der Waals surface area contributed by atoms with Crippen molar-refractivity contribution in [3.63, 3.8) is 0 Å². The largest absolute Gasteiger partial charge is 0.416 e. The molecule has 0 N–H and O–H groups in total. The van der Waals surface area contributed by atoms with E-state index >= 15 is 0 Å². The molecule has 0 aromatic heterocycles. The lowest BCUT2D eigenvalue weighted by Gasteiger charge is -2.26. The molecule has 1 heterocycles. The van der Waals surface area contributed by atoms with Gasteiger partial charge in [0.05, 0.1) is 28.6 Å². The van der Waals surface area contributed by atoms with Crippen molar-refractivity contribution in [2.75, 3.05) is 26.3 Å². The van der Waals surface area contributed by atoms with Crippen LogP contribution < -0.4 is 4.74 Å². The normalized spacial score (nSPS) is 15.2. The molecule has 0 unspecified atom stereocenters. The molecule has 9 nitrogen and oxygen atoms in total. The van der Waals surface area contributed by atoms with Gasteiger partial charge in [-0.05, 0) is 42.8 Å². The minimum absolute atomic E-state index is 0.0486. The van der Waals surface area contributed by atoms with Crippen LogP contribution in [-0.4, -0.2) is 49.9 Å². The van der Waals surface area contributed by atoms with Crippen molar-refractivity contribution in [1.82, 2.24) is 4.31 Å². The lowest BCUT2D eigenvalue weighted by atomic mass is 10.2. The van der Waals surface area contributed by atoms with Crippen LogP contribution in [0.25, 0.3) is 0 Å². The quantitative estimate of drug-likeness (QED) is 0.323. The topological polar surface area (TPSA) is 116 Å². The number of carbonyl (C=O) groups excluding carboxylic acids is 1. The molecule has 0 atom stereocenters. The molecular weight excluding hydrogens is 388 g/mol. The molecule has 1 aliphatic heterocycles. The predicted molar refractivity (Wildman–Crippen MR) is 98.8 cm³/mol. The van der Waals surface area contributed by atoms with E-state index in [9.17, 15) is 23.3 Å². The number of aryl methyl sites for hydroxylation is 1. The number of rotatable bonds is 5. The van der Waals surface area contributed by atoms with E-state index < -0.39 is 20.9 Å². The first-order chi connectivity index (χ1) is 13.3. The molecule has 1 aliphatic rings. The van der Waals surface area contributed by atoms with Gasteiger partial charge < -0.3 is 9.47 Å². The maximum Gasteiger partial charge on any atom is 0.343 e. The molecule has 0 aliphatic carbocycles. The van der Waals surface area contributed by atoms with Crippen molar-refractivity contribution in [2.45, 2.75) is 11.8 Å². The summed E-state index contributed by atoms with van der Waals surface area (Å²) < 4.78 is 36.8. The zero-order valence-corrected chi connectivity index (χ0v) is 15.8. The highest BCUT2D eigenvalue weighted by atomic mass is 32.2. The van der Waals surface area contributed by atoms with Gasteiger partial charge in [0.15, 0.2) is 0 Å². The molecule has 0 saturated carbocycles. The van der Waals surface area contributed by atoms with Crippen LogP contribution in [0.5, 0.6) is 5.75 Å². The van der Waals surface area contributed by atoms with Crippen LogP contribution in [-0.2, 0) is 14.8 Å². The summed E-state index contributed by atoms with van der Waals surface area (Å²) in [7, 11) is -3.68. The molecule has 3 rings (SSSR count). The van der Waals surface area contributed by atoms with Gasteiger partial charge in [-0.15, -0.1) is 0 Å². The van der Waals surface area contributed by atoms with E-state index in [1.165, 1.54) is 40.7 Å². The minimum Gasteiger partial charge on any atom is -0.416 e. The van der Waals surface area contributed by atoms with Crippen LogP contribution in [0, 0.1) is 17.0 Å². The van der Waals surface area contributed by atoms with Gasteiger partial charge in [0, 0.05) is 19.2 Å². The second-order valence-electron chi connectivity index (χ2n) is 6.16. The highest BCUT2D eigenvalue weighted by Gasteiger charge is 2.26. The first kappa shape index (κ1) is 19.9. The predicted octanol–water partition coefficient (Wildman–Crippen LogP) is 2.14. The zero-order chi connectivity index (χ0) is 20.3. The monoisotopic (exact) mass is 406 g/mol. The van der Waals surface area contributed by atoms with Crippen molar-refractivity contribution in [1.29, 1.82) is 0 Å². The average molecular weight is 406 g/mol. The lowest BCUT2D eigenvalue weighted by molar-refractivity contribution is -0.385. The minimum atomic E-state index is -3.68. The molecule has 148 valence electrons. The van der Waals surface area contributed by atoms with E-state index in [0.29, 0.717) is 18.8 Å². The maximum atomic E-state index is 12.6. The Kier molecular flexibility index (Phi) is 5.73. The number of hydrogen-bond donors (Lipinski definition) is 0. The van der Waals surface area contributed by atoms with Crippen LogP contribution in [0.15, 0.2) is 47.4 Å². The van der Waals surface area contributed by atoms with Gasteiger partial charge in [0.1, 0.15) is 0 Å². The van der Waals surface area contributed by atoms with Gasteiger partial charge in [-0.3, -0.25) is 10.1 Å². The summed E-state index contributed by atoms with van der Waals surface area (Å²) in [6.07, 6.45) is 0. The van der Waals surface area contributed by atoms with E-state index in [1.54, 1.807) is 13.0 Å². The number of hydrogen-bond acceptors (Lipinski definition) is 7. The standard InChI is InChI=1S/C18H18N2O7S/c1-13-2-7-16(20(22)23)17(12-13)27-18(21)14-3-5-15(6-4-14)28(24,25)19-8-10-26-11-9-19/h2-7,12H,8-11H2,1H3. The number of benzene rings is 2. The molecule has 28 heavy (non-hydrogen) atoms. The average Bonchev–Trinajstić information content (AvgIpc) is 2.68. The lowest BCUT2D eigenvalue weighted by Crippen LogP contribution is -2.40. The third-order valence-electron chi connectivity index (χ3n) is 4.21. The molecule has 10 heteroatoms. The van der Waals surface area contributed by atoms with E-state index in [-0.39, 0.29) is 35.0 Å². The summed E-state index contributed by atoms with van der Waals surface area (Å²) in [5, 5.41) is 11.1. The van der Waals surface area contributed by atoms with Crippen LogP contribution in [0.3, 0.4) is 0 Å². The number of nitro benzene ring substituents is 1. The zero-order valence-electron chi connectivity index (χ0n) is 15.0. The summed E-state index contributed by atoms with van der Waals surface area (Å²) in [5.74, 6) is -0.982. The molecule has 0 amide bonds. The van der Waals surface area contributed by atoms with Gasteiger partial charge in [0.2, 0.25) is 15.8 Å². The van der Waals surface area contributed by atoms with Gasteiger partial charge in [-0.25, -0.2) is 13.2 Å². The van der Waals surface area contributed by atoms with Gasteiger partial charge in [-0.2, -0.15) is 4.31 Å². The fourth-order valence-corrected chi connectivity index (χ4v) is 4.12. The van der Waals surface area contributed by atoms with E-state index in [1.807, 2.05) is 0 Å².